The predicted molar refractivity (Wildman–Crippen MR) is 120 cm³/mol. The molecular weight excluding hydrogens is 400 g/mol. The van der Waals surface area contributed by atoms with E-state index >= 15 is 0 Å². The van der Waals surface area contributed by atoms with E-state index in [2.05, 4.69) is 17.1 Å². The fraction of sp³-hybridized carbons (Fsp3) is 0.391. The Bertz CT molecular complexity index is 956. The van der Waals surface area contributed by atoms with Gasteiger partial charge < -0.3 is 20.0 Å². The van der Waals surface area contributed by atoms with Crippen LogP contribution in [0.1, 0.15) is 17.5 Å². The molecule has 0 bridgehead atoms. The number of piperazine rings is 1. The lowest BCUT2D eigenvalue weighted by molar-refractivity contribution is -0.117. The van der Waals surface area contributed by atoms with Crippen LogP contribution in [-0.2, 0) is 4.79 Å². The molecule has 4 rings (SSSR count). The first-order chi connectivity index (χ1) is 14.4. The molecule has 1 atom stereocenters. The molecule has 30 heavy (non-hydrogen) atoms. The number of nitrogens with zero attached hydrogens (tertiary/aromatic N) is 3. The zero-order valence-electron chi connectivity index (χ0n) is 17.4. The van der Waals surface area contributed by atoms with E-state index in [0.29, 0.717) is 26.1 Å². The molecule has 0 radical (unpaired) electrons. The van der Waals surface area contributed by atoms with Crippen LogP contribution < -0.4 is 15.1 Å². The molecule has 1 N–H and O–H groups in total. The molecule has 2 fully saturated rings. The average molecular weight is 427 g/mol. The second-order valence-electron chi connectivity index (χ2n) is 8.05. The van der Waals surface area contributed by atoms with Gasteiger partial charge >= 0.3 is 6.03 Å². The van der Waals surface area contributed by atoms with Gasteiger partial charge in [0.2, 0.25) is 5.91 Å². The number of benzene rings is 2. The number of halogens is 1. The van der Waals surface area contributed by atoms with Crippen LogP contribution in [0.5, 0.6) is 0 Å². The van der Waals surface area contributed by atoms with Gasteiger partial charge in [-0.3, -0.25) is 4.79 Å². The molecule has 2 saturated heterocycles. The van der Waals surface area contributed by atoms with E-state index in [9.17, 15) is 9.59 Å². The van der Waals surface area contributed by atoms with Gasteiger partial charge in [0.25, 0.3) is 0 Å². The molecule has 6 nitrogen and oxygen atoms in total. The summed E-state index contributed by atoms with van der Waals surface area (Å²) in [5.74, 6) is 0.0482. The summed E-state index contributed by atoms with van der Waals surface area (Å²) in [6.45, 7) is 7.31. The maximum absolute atomic E-state index is 12.8. The molecular formula is C23H27ClN4O2. The van der Waals surface area contributed by atoms with Crippen molar-refractivity contribution in [2.75, 3.05) is 42.5 Å². The van der Waals surface area contributed by atoms with Crippen molar-refractivity contribution in [1.82, 2.24) is 10.2 Å². The van der Waals surface area contributed by atoms with E-state index in [4.69, 9.17) is 11.6 Å². The van der Waals surface area contributed by atoms with E-state index in [1.165, 1.54) is 5.56 Å². The smallest absolute Gasteiger partial charge is 0.317 e. The molecule has 2 aromatic carbocycles. The summed E-state index contributed by atoms with van der Waals surface area (Å²) in [5.41, 5.74) is 4.26. The highest BCUT2D eigenvalue weighted by Crippen LogP contribution is 2.27. The fourth-order valence-electron chi connectivity index (χ4n) is 4.07. The largest absolute Gasteiger partial charge is 0.367 e. The Kier molecular flexibility index (Phi) is 5.86. The number of carbonyl (C=O) groups is 2. The van der Waals surface area contributed by atoms with Crippen molar-refractivity contribution in [3.63, 3.8) is 0 Å². The second-order valence-corrected chi connectivity index (χ2v) is 8.46. The van der Waals surface area contributed by atoms with Crippen LogP contribution in [0.2, 0.25) is 5.02 Å². The third-order valence-corrected chi connectivity index (χ3v) is 6.33. The molecule has 158 valence electrons. The van der Waals surface area contributed by atoms with Gasteiger partial charge in [-0.2, -0.15) is 0 Å². The lowest BCUT2D eigenvalue weighted by Gasteiger charge is -2.36. The minimum Gasteiger partial charge on any atom is -0.367 e. The van der Waals surface area contributed by atoms with E-state index in [0.717, 1.165) is 35.1 Å². The molecule has 0 saturated carbocycles. The van der Waals surface area contributed by atoms with Crippen molar-refractivity contribution in [2.24, 2.45) is 0 Å². The molecule has 2 heterocycles. The van der Waals surface area contributed by atoms with Crippen LogP contribution in [0.15, 0.2) is 42.5 Å². The Morgan fingerprint density at radius 2 is 1.77 bits per heavy atom. The van der Waals surface area contributed by atoms with E-state index < -0.39 is 0 Å². The van der Waals surface area contributed by atoms with Crippen molar-refractivity contribution in [3.05, 3.63) is 58.6 Å². The van der Waals surface area contributed by atoms with E-state index in [-0.39, 0.29) is 18.0 Å². The highest BCUT2D eigenvalue weighted by molar-refractivity contribution is 6.33. The van der Waals surface area contributed by atoms with Gasteiger partial charge in [0.05, 0.1) is 16.8 Å². The van der Waals surface area contributed by atoms with Crippen molar-refractivity contribution < 1.29 is 9.59 Å². The van der Waals surface area contributed by atoms with E-state index in [1.54, 1.807) is 4.90 Å². The topological polar surface area (TPSA) is 55.9 Å². The maximum atomic E-state index is 12.8. The highest BCUT2D eigenvalue weighted by atomic mass is 35.5. The van der Waals surface area contributed by atoms with Gasteiger partial charge in [-0.25, -0.2) is 4.79 Å². The standard InChI is InChI=1S/C23H27ClN4O2/c1-16-7-8-19(13-17(16)2)28-15-18(14-22(28)29)25-23(30)27-11-9-26(10-12-27)21-6-4-3-5-20(21)24/h3-8,13,18H,9-12,14-15H2,1-2H3,(H,25,30)/t18-/m0/s1. The summed E-state index contributed by atoms with van der Waals surface area (Å²) in [6, 6.07) is 13.5. The third-order valence-electron chi connectivity index (χ3n) is 6.01. The molecule has 2 aliphatic heterocycles. The number of aryl methyl sites for hydroxylation is 2. The van der Waals surface area contributed by atoms with Crippen LogP contribution in [0.4, 0.5) is 16.2 Å². The predicted octanol–water partition coefficient (Wildman–Crippen LogP) is 3.59. The van der Waals surface area contributed by atoms with Crippen LogP contribution in [0.3, 0.4) is 0 Å². The monoisotopic (exact) mass is 426 g/mol. The van der Waals surface area contributed by atoms with Crippen LogP contribution in [-0.4, -0.2) is 55.6 Å². The van der Waals surface area contributed by atoms with E-state index in [1.807, 2.05) is 54.3 Å². The summed E-state index contributed by atoms with van der Waals surface area (Å²) in [6.07, 6.45) is 0.332. The fourth-order valence-corrected chi connectivity index (χ4v) is 4.33. The number of hydrogen-bond donors (Lipinski definition) is 1. The quantitative estimate of drug-likeness (QED) is 0.815. The molecule has 2 aromatic rings. The Morgan fingerprint density at radius 3 is 2.47 bits per heavy atom. The number of rotatable bonds is 3. The molecule has 0 spiro atoms. The second kappa shape index (κ2) is 8.56. The number of urea groups is 1. The summed E-state index contributed by atoms with van der Waals surface area (Å²) < 4.78 is 0. The zero-order valence-corrected chi connectivity index (χ0v) is 18.2. The lowest BCUT2D eigenvalue weighted by atomic mass is 10.1. The number of hydrogen-bond acceptors (Lipinski definition) is 3. The van der Waals surface area contributed by atoms with Crippen molar-refractivity contribution in [3.8, 4) is 0 Å². The minimum atomic E-state index is -0.173. The molecule has 3 amide bonds. The van der Waals surface area contributed by atoms with Crippen molar-refractivity contribution in [1.29, 1.82) is 0 Å². The van der Waals surface area contributed by atoms with Gasteiger partial charge in [0, 0.05) is 44.8 Å². The van der Waals surface area contributed by atoms with Crippen LogP contribution >= 0.6 is 11.6 Å². The number of amides is 3. The highest BCUT2D eigenvalue weighted by Gasteiger charge is 2.33. The number of nitrogens with one attached hydrogen (secondary N) is 1. The van der Waals surface area contributed by atoms with Crippen molar-refractivity contribution >= 4 is 34.9 Å². The average Bonchev–Trinajstić information content (AvgIpc) is 3.10. The lowest BCUT2D eigenvalue weighted by Crippen LogP contribution is -2.54. The summed E-state index contributed by atoms with van der Waals surface area (Å²) in [7, 11) is 0. The Balaban J connectivity index is 1.32. The zero-order chi connectivity index (χ0) is 21.3. The van der Waals surface area contributed by atoms with Crippen LogP contribution in [0.25, 0.3) is 0 Å². The van der Waals surface area contributed by atoms with Gasteiger partial charge in [0.15, 0.2) is 0 Å². The normalized spacial score (nSPS) is 19.4. The molecule has 0 aromatic heterocycles. The molecule has 0 unspecified atom stereocenters. The Labute approximate surface area is 182 Å². The molecule has 2 aliphatic rings. The van der Waals surface area contributed by atoms with Crippen LogP contribution in [0, 0.1) is 13.8 Å². The first-order valence-corrected chi connectivity index (χ1v) is 10.7. The van der Waals surface area contributed by atoms with Gasteiger partial charge in [-0.1, -0.05) is 29.8 Å². The number of carbonyl (C=O) groups excluding carboxylic acids is 2. The summed E-state index contributed by atoms with van der Waals surface area (Å²) in [5, 5.41) is 3.78. The van der Waals surface area contributed by atoms with Gasteiger partial charge in [0.1, 0.15) is 0 Å². The van der Waals surface area contributed by atoms with Crippen molar-refractivity contribution in [2.45, 2.75) is 26.3 Å². The first-order valence-electron chi connectivity index (χ1n) is 10.3. The third kappa shape index (κ3) is 4.24. The Hall–Kier alpha value is -2.73. The number of para-hydroxylation sites is 1. The molecule has 7 heteroatoms. The molecule has 0 aliphatic carbocycles. The first kappa shape index (κ1) is 20.5. The number of anilines is 2. The maximum Gasteiger partial charge on any atom is 0.317 e. The minimum absolute atomic E-state index is 0.0482. The van der Waals surface area contributed by atoms with Gasteiger partial charge in [-0.15, -0.1) is 0 Å². The Morgan fingerprint density at radius 1 is 1.03 bits per heavy atom. The summed E-state index contributed by atoms with van der Waals surface area (Å²) >= 11 is 6.29. The summed E-state index contributed by atoms with van der Waals surface area (Å²) in [4.78, 5) is 31.1. The SMILES string of the molecule is Cc1ccc(N2C[C@@H](NC(=O)N3CCN(c4ccccc4Cl)CC3)CC2=O)cc1C. The van der Waals surface area contributed by atoms with Gasteiger partial charge in [-0.05, 0) is 49.2 Å².